The number of benzene rings is 3. The Hall–Kier alpha value is -3.40. The van der Waals surface area contributed by atoms with E-state index in [4.69, 9.17) is 9.72 Å². The minimum absolute atomic E-state index is 0.623. The van der Waals surface area contributed by atoms with Crippen LogP contribution in [0.25, 0.3) is 21.8 Å². The van der Waals surface area contributed by atoms with Crippen molar-refractivity contribution in [1.29, 1.82) is 0 Å². The summed E-state index contributed by atoms with van der Waals surface area (Å²) >= 11 is 0. The molecule has 0 saturated heterocycles. The van der Waals surface area contributed by atoms with E-state index in [9.17, 15) is 0 Å². The van der Waals surface area contributed by atoms with Gasteiger partial charge in [0.1, 0.15) is 5.75 Å². The highest BCUT2D eigenvalue weighted by Crippen LogP contribution is 2.30. The van der Waals surface area contributed by atoms with Gasteiger partial charge in [-0.1, -0.05) is 48.5 Å². The number of fused-ring (bicyclic) bond motifs is 2. The molecule has 0 unspecified atom stereocenters. The van der Waals surface area contributed by atoms with Crippen LogP contribution in [0.5, 0.6) is 5.75 Å². The summed E-state index contributed by atoms with van der Waals surface area (Å²) in [5.74, 6) is 0.824. The molecule has 0 atom stereocenters. The normalized spacial score (nSPS) is 11.3. The molecule has 1 aromatic heterocycles. The quantitative estimate of drug-likeness (QED) is 0.307. The topological polar surface area (TPSA) is 46.5 Å². The molecule has 0 aliphatic heterocycles. The fourth-order valence-electron chi connectivity index (χ4n) is 3.00. The van der Waals surface area contributed by atoms with Gasteiger partial charge in [-0.2, -0.15) is 5.10 Å². The predicted octanol–water partition coefficient (Wildman–Crippen LogP) is 5.23. The second-order valence-electron chi connectivity index (χ2n) is 5.86. The Labute approximate surface area is 152 Å². The summed E-state index contributed by atoms with van der Waals surface area (Å²) in [7, 11) is 0. The highest BCUT2D eigenvalue weighted by molar-refractivity contribution is 6.07. The fraction of sp³-hybridized carbons (Fsp3) is 0.0909. The second kappa shape index (κ2) is 7.23. The number of aromatic nitrogens is 1. The maximum atomic E-state index is 5.65. The van der Waals surface area contributed by atoms with Gasteiger partial charge in [-0.05, 0) is 31.2 Å². The minimum atomic E-state index is 0.623. The Morgan fingerprint density at radius 3 is 2.19 bits per heavy atom. The maximum Gasteiger partial charge on any atom is 0.128 e. The van der Waals surface area contributed by atoms with E-state index in [2.05, 4.69) is 22.7 Å². The number of pyridine rings is 1. The van der Waals surface area contributed by atoms with Crippen LogP contribution in [-0.4, -0.2) is 17.8 Å². The van der Waals surface area contributed by atoms with E-state index < -0.39 is 0 Å². The number of hydrazone groups is 1. The average molecular weight is 341 g/mol. The van der Waals surface area contributed by atoms with E-state index in [1.54, 1.807) is 6.21 Å². The summed E-state index contributed by atoms with van der Waals surface area (Å²) in [5.41, 5.74) is 7.00. The van der Waals surface area contributed by atoms with Crippen LogP contribution in [-0.2, 0) is 0 Å². The van der Waals surface area contributed by atoms with Gasteiger partial charge in [-0.15, -0.1) is 0 Å². The van der Waals surface area contributed by atoms with Gasteiger partial charge in [0.2, 0.25) is 0 Å². The molecule has 0 radical (unpaired) electrons. The molecule has 128 valence electrons. The molecule has 0 fully saturated rings. The Morgan fingerprint density at radius 1 is 0.885 bits per heavy atom. The lowest BCUT2D eigenvalue weighted by Gasteiger charge is -2.10. The number of hydrogen-bond donors (Lipinski definition) is 1. The van der Waals surface area contributed by atoms with E-state index in [1.165, 1.54) is 0 Å². The molecular weight excluding hydrogens is 322 g/mol. The van der Waals surface area contributed by atoms with Gasteiger partial charge in [-0.25, -0.2) is 4.98 Å². The van der Waals surface area contributed by atoms with Crippen molar-refractivity contribution in [2.24, 2.45) is 5.10 Å². The molecule has 4 aromatic rings. The lowest BCUT2D eigenvalue weighted by atomic mass is 10.1. The van der Waals surface area contributed by atoms with Gasteiger partial charge in [-0.3, -0.25) is 5.43 Å². The third kappa shape index (κ3) is 3.09. The number of nitrogens with zero attached hydrogens (tertiary/aromatic N) is 2. The minimum Gasteiger partial charge on any atom is -0.493 e. The molecule has 4 nitrogen and oxygen atoms in total. The standard InChI is InChI=1S/C22H19N3O/c1-2-26-21-14-8-3-9-16(21)15-23-25-22-17-10-4-6-12-19(17)24-20-13-7-5-11-18(20)22/h3-15H,2H2,1H3,(H,24,25)/b23-15+. The van der Waals surface area contributed by atoms with Crippen molar-refractivity contribution < 1.29 is 4.74 Å². The summed E-state index contributed by atoms with van der Waals surface area (Å²) in [6.07, 6.45) is 1.79. The highest BCUT2D eigenvalue weighted by Gasteiger charge is 2.07. The number of nitrogens with one attached hydrogen (secondary N) is 1. The zero-order chi connectivity index (χ0) is 17.8. The van der Waals surface area contributed by atoms with E-state index in [1.807, 2.05) is 67.6 Å². The smallest absolute Gasteiger partial charge is 0.128 e. The van der Waals surface area contributed by atoms with Crippen molar-refractivity contribution in [3.63, 3.8) is 0 Å². The van der Waals surface area contributed by atoms with Crippen LogP contribution in [0.4, 0.5) is 5.69 Å². The molecule has 4 rings (SSSR count). The van der Waals surface area contributed by atoms with Crippen LogP contribution >= 0.6 is 0 Å². The molecule has 0 aliphatic carbocycles. The van der Waals surface area contributed by atoms with Gasteiger partial charge >= 0.3 is 0 Å². The lowest BCUT2D eigenvalue weighted by molar-refractivity contribution is 0.340. The predicted molar refractivity (Wildman–Crippen MR) is 108 cm³/mol. The Bertz CT molecular complexity index is 1030. The van der Waals surface area contributed by atoms with Crippen molar-refractivity contribution in [2.75, 3.05) is 12.0 Å². The lowest BCUT2D eigenvalue weighted by Crippen LogP contribution is -1.98. The number of hydrogen-bond acceptors (Lipinski definition) is 4. The fourth-order valence-corrected chi connectivity index (χ4v) is 3.00. The number of anilines is 1. The zero-order valence-electron chi connectivity index (χ0n) is 14.5. The maximum absolute atomic E-state index is 5.65. The van der Waals surface area contributed by atoms with Crippen LogP contribution in [0.15, 0.2) is 77.9 Å². The summed E-state index contributed by atoms with van der Waals surface area (Å²) in [4.78, 5) is 4.73. The van der Waals surface area contributed by atoms with Crippen LogP contribution in [0.1, 0.15) is 12.5 Å². The molecule has 0 aliphatic rings. The third-order valence-corrected chi connectivity index (χ3v) is 4.19. The van der Waals surface area contributed by atoms with Crippen molar-refractivity contribution in [3.8, 4) is 5.75 Å². The zero-order valence-corrected chi connectivity index (χ0v) is 14.5. The summed E-state index contributed by atoms with van der Waals surface area (Å²) in [6, 6.07) is 24.0. The Kier molecular flexibility index (Phi) is 4.48. The van der Waals surface area contributed by atoms with Gasteiger partial charge in [0.15, 0.2) is 0 Å². The van der Waals surface area contributed by atoms with Crippen molar-refractivity contribution in [1.82, 2.24) is 4.98 Å². The first kappa shape index (κ1) is 16.1. The van der Waals surface area contributed by atoms with Crippen LogP contribution in [0.2, 0.25) is 0 Å². The average Bonchev–Trinajstić information content (AvgIpc) is 2.69. The number of rotatable bonds is 5. The Balaban J connectivity index is 1.75. The molecule has 4 heteroatoms. The molecule has 1 heterocycles. The second-order valence-corrected chi connectivity index (χ2v) is 5.86. The molecule has 1 N–H and O–H groups in total. The molecule has 26 heavy (non-hydrogen) atoms. The van der Waals surface area contributed by atoms with Crippen molar-refractivity contribution in [3.05, 3.63) is 78.4 Å². The summed E-state index contributed by atoms with van der Waals surface area (Å²) in [5, 5.41) is 6.56. The molecule has 0 amide bonds. The van der Waals surface area contributed by atoms with Gasteiger partial charge in [0.05, 0.1) is 29.5 Å². The number of para-hydroxylation sites is 3. The van der Waals surface area contributed by atoms with E-state index in [-0.39, 0.29) is 0 Å². The first-order chi connectivity index (χ1) is 12.9. The van der Waals surface area contributed by atoms with Gasteiger partial charge in [0, 0.05) is 16.3 Å². The SMILES string of the molecule is CCOc1ccccc1/C=N/Nc1c2ccccc2nc2ccccc12. The molecule has 0 spiro atoms. The number of ether oxygens (including phenoxy) is 1. The first-order valence-corrected chi connectivity index (χ1v) is 8.65. The van der Waals surface area contributed by atoms with Crippen LogP contribution in [0.3, 0.4) is 0 Å². The summed E-state index contributed by atoms with van der Waals surface area (Å²) < 4.78 is 5.65. The van der Waals surface area contributed by atoms with Crippen molar-refractivity contribution >= 4 is 33.7 Å². The molecule has 0 saturated carbocycles. The third-order valence-electron chi connectivity index (χ3n) is 4.19. The monoisotopic (exact) mass is 341 g/mol. The van der Waals surface area contributed by atoms with Crippen LogP contribution in [0, 0.1) is 0 Å². The highest BCUT2D eigenvalue weighted by atomic mass is 16.5. The molecule has 3 aromatic carbocycles. The largest absolute Gasteiger partial charge is 0.493 e. The molecular formula is C22H19N3O. The Morgan fingerprint density at radius 2 is 1.50 bits per heavy atom. The van der Waals surface area contributed by atoms with Crippen LogP contribution < -0.4 is 10.2 Å². The van der Waals surface area contributed by atoms with Gasteiger partial charge in [0.25, 0.3) is 0 Å². The molecule has 0 bridgehead atoms. The first-order valence-electron chi connectivity index (χ1n) is 8.65. The van der Waals surface area contributed by atoms with E-state index in [0.29, 0.717) is 6.61 Å². The van der Waals surface area contributed by atoms with E-state index in [0.717, 1.165) is 38.8 Å². The van der Waals surface area contributed by atoms with Gasteiger partial charge < -0.3 is 4.74 Å². The van der Waals surface area contributed by atoms with Crippen molar-refractivity contribution in [2.45, 2.75) is 6.92 Å². The summed E-state index contributed by atoms with van der Waals surface area (Å²) in [6.45, 7) is 2.60. The van der Waals surface area contributed by atoms with E-state index >= 15 is 0 Å².